The lowest BCUT2D eigenvalue weighted by Crippen LogP contribution is -2.51. The lowest BCUT2D eigenvalue weighted by atomic mass is 9.75. The number of amides is 2. The van der Waals surface area contributed by atoms with Crippen molar-refractivity contribution in [2.75, 3.05) is 4.90 Å². The summed E-state index contributed by atoms with van der Waals surface area (Å²) in [6.45, 7) is 4.00. The molecule has 1 aromatic heterocycles. The van der Waals surface area contributed by atoms with Gasteiger partial charge < -0.3 is 5.11 Å². The Labute approximate surface area is 222 Å². The van der Waals surface area contributed by atoms with Crippen LogP contribution >= 0.6 is 0 Å². The van der Waals surface area contributed by atoms with Crippen LogP contribution in [0.2, 0.25) is 0 Å². The summed E-state index contributed by atoms with van der Waals surface area (Å²) < 4.78 is 1.58. The topological polar surface area (TPSA) is 122 Å². The molecular weight excluding hydrogens is 496 g/mol. The zero-order valence-corrected chi connectivity index (χ0v) is 21.2. The van der Waals surface area contributed by atoms with Gasteiger partial charge in [0.25, 0.3) is 5.56 Å². The highest BCUT2D eigenvalue weighted by Crippen LogP contribution is 2.56. The van der Waals surface area contributed by atoms with E-state index in [0.29, 0.717) is 28.1 Å². The molecule has 0 bridgehead atoms. The molecule has 0 saturated carbocycles. The number of aromatic carboxylic acids is 1. The Morgan fingerprint density at radius 1 is 0.949 bits per heavy atom. The fourth-order valence-corrected chi connectivity index (χ4v) is 6.73. The van der Waals surface area contributed by atoms with Gasteiger partial charge in [-0.15, -0.1) is 0 Å². The Morgan fingerprint density at radius 2 is 1.64 bits per heavy atom. The van der Waals surface area contributed by atoms with E-state index >= 15 is 0 Å². The number of rotatable bonds is 3. The number of benzene rings is 3. The summed E-state index contributed by atoms with van der Waals surface area (Å²) >= 11 is 0. The van der Waals surface area contributed by atoms with Gasteiger partial charge in [0.2, 0.25) is 11.8 Å². The number of fused-ring (bicyclic) bond motifs is 8. The van der Waals surface area contributed by atoms with Crippen LogP contribution in [0.15, 0.2) is 77.6 Å². The third-order valence-electron chi connectivity index (χ3n) is 8.39. The van der Waals surface area contributed by atoms with Crippen LogP contribution in [0, 0.1) is 17.8 Å². The maximum atomic E-state index is 14.3. The van der Waals surface area contributed by atoms with E-state index in [1.165, 1.54) is 29.2 Å². The van der Waals surface area contributed by atoms with E-state index in [-0.39, 0.29) is 29.0 Å². The predicted octanol–water partition coefficient (Wildman–Crippen LogP) is 3.07. The first kappa shape index (κ1) is 23.5. The molecule has 3 aliphatic heterocycles. The standard InChI is InChI=1S/C30H24N4O5/c1-15(2)24-22-23(27(37)33(26(22)36)17-13-11-16(12-14-17)28(38)39)30(32-24)19-8-4-6-10-21(19)34-25(35)18-7-3-5-9-20(18)31-29(30)34/h3-15,22-24,32H,1-2H3,(H,38,39). The number of imide groups is 1. The summed E-state index contributed by atoms with van der Waals surface area (Å²) in [5, 5.41) is 13.4. The Balaban J connectivity index is 1.49. The van der Waals surface area contributed by atoms with Gasteiger partial charge in [0, 0.05) is 11.6 Å². The second-order valence-corrected chi connectivity index (χ2v) is 10.7. The maximum Gasteiger partial charge on any atom is 0.335 e. The minimum Gasteiger partial charge on any atom is -0.478 e. The number of carboxylic acids is 1. The van der Waals surface area contributed by atoms with Crippen molar-refractivity contribution in [1.82, 2.24) is 14.9 Å². The molecule has 2 N–H and O–H groups in total. The van der Waals surface area contributed by atoms with Crippen molar-refractivity contribution < 1.29 is 19.5 Å². The molecule has 7 rings (SSSR count). The van der Waals surface area contributed by atoms with Gasteiger partial charge in [-0.05, 0) is 48.4 Å². The van der Waals surface area contributed by atoms with Crippen LogP contribution in [0.3, 0.4) is 0 Å². The smallest absolute Gasteiger partial charge is 0.335 e. The molecule has 0 aliphatic carbocycles. The molecule has 2 amide bonds. The Hall–Kier alpha value is -4.63. The molecule has 1 spiro atoms. The van der Waals surface area contributed by atoms with Gasteiger partial charge in [-0.2, -0.15) is 0 Å². The Kier molecular flexibility index (Phi) is 4.78. The van der Waals surface area contributed by atoms with Crippen LogP contribution in [0.25, 0.3) is 16.6 Å². The van der Waals surface area contributed by atoms with Crippen LogP contribution in [-0.4, -0.2) is 38.5 Å². The van der Waals surface area contributed by atoms with Crippen molar-refractivity contribution >= 4 is 34.4 Å². The molecule has 194 valence electrons. The number of nitrogens with one attached hydrogen (secondary N) is 1. The summed E-state index contributed by atoms with van der Waals surface area (Å²) in [6, 6.07) is 19.9. The molecule has 2 fully saturated rings. The van der Waals surface area contributed by atoms with Gasteiger partial charge >= 0.3 is 5.97 Å². The van der Waals surface area contributed by atoms with Crippen molar-refractivity contribution in [2.24, 2.45) is 17.8 Å². The van der Waals surface area contributed by atoms with Crippen LogP contribution < -0.4 is 15.8 Å². The van der Waals surface area contributed by atoms with Crippen LogP contribution in [0.1, 0.15) is 35.6 Å². The zero-order chi connectivity index (χ0) is 27.2. The molecule has 3 aliphatic rings. The lowest BCUT2D eigenvalue weighted by molar-refractivity contribution is -0.123. The summed E-state index contributed by atoms with van der Waals surface area (Å²) in [6.07, 6.45) is 0. The van der Waals surface area contributed by atoms with Crippen LogP contribution in [-0.2, 0) is 15.1 Å². The highest BCUT2D eigenvalue weighted by atomic mass is 16.4. The normalized spacial score (nSPS) is 25.0. The average Bonchev–Trinajstić information content (AvgIpc) is 3.52. The van der Waals surface area contributed by atoms with Gasteiger partial charge in [0.1, 0.15) is 11.4 Å². The first-order valence-electron chi connectivity index (χ1n) is 12.9. The monoisotopic (exact) mass is 520 g/mol. The quantitative estimate of drug-likeness (QED) is 0.398. The van der Waals surface area contributed by atoms with Gasteiger partial charge in [0.05, 0.1) is 39.7 Å². The minimum atomic E-state index is -1.21. The van der Waals surface area contributed by atoms with Crippen molar-refractivity contribution in [3.8, 4) is 5.69 Å². The maximum absolute atomic E-state index is 14.3. The van der Waals surface area contributed by atoms with Crippen LogP contribution in [0.5, 0.6) is 0 Å². The third-order valence-corrected chi connectivity index (χ3v) is 8.39. The molecule has 39 heavy (non-hydrogen) atoms. The van der Waals surface area contributed by atoms with Gasteiger partial charge in [-0.25, -0.2) is 14.7 Å². The highest BCUT2D eigenvalue weighted by Gasteiger charge is 2.70. The van der Waals surface area contributed by atoms with Gasteiger partial charge in [0.15, 0.2) is 0 Å². The molecule has 0 radical (unpaired) electrons. The number of carbonyl (C=O) groups is 3. The van der Waals surface area contributed by atoms with Crippen molar-refractivity contribution in [3.05, 3.63) is 100 Å². The first-order chi connectivity index (χ1) is 18.8. The Morgan fingerprint density at radius 3 is 2.36 bits per heavy atom. The number of hydrogen-bond acceptors (Lipinski definition) is 6. The fourth-order valence-electron chi connectivity index (χ4n) is 6.73. The number of carboxylic acid groups (broad SMARTS) is 1. The summed E-state index contributed by atoms with van der Waals surface area (Å²) in [7, 11) is 0. The number of aromatic nitrogens is 2. The molecule has 4 aromatic rings. The number of anilines is 1. The van der Waals surface area contributed by atoms with Crippen molar-refractivity contribution in [1.29, 1.82) is 0 Å². The first-order valence-corrected chi connectivity index (χ1v) is 12.9. The van der Waals surface area contributed by atoms with Crippen LogP contribution in [0.4, 0.5) is 5.69 Å². The largest absolute Gasteiger partial charge is 0.478 e. The molecule has 4 atom stereocenters. The molecule has 2 saturated heterocycles. The van der Waals surface area contributed by atoms with E-state index in [0.717, 1.165) is 5.56 Å². The van der Waals surface area contributed by atoms with E-state index in [2.05, 4.69) is 5.32 Å². The summed E-state index contributed by atoms with van der Waals surface area (Å²) in [4.78, 5) is 59.7. The highest BCUT2D eigenvalue weighted by molar-refractivity contribution is 6.23. The molecule has 9 heteroatoms. The number of para-hydroxylation sites is 2. The van der Waals surface area contributed by atoms with Crippen molar-refractivity contribution in [3.63, 3.8) is 0 Å². The molecule has 4 unspecified atom stereocenters. The average molecular weight is 521 g/mol. The van der Waals surface area contributed by atoms with E-state index in [4.69, 9.17) is 4.98 Å². The number of carbonyl (C=O) groups excluding carboxylic acids is 2. The number of nitrogens with zero attached hydrogens (tertiary/aromatic N) is 3. The van der Waals surface area contributed by atoms with Gasteiger partial charge in [-0.1, -0.05) is 44.2 Å². The number of hydrogen-bond donors (Lipinski definition) is 2. The fraction of sp³-hybridized carbons (Fsp3) is 0.233. The molecular formula is C30H24N4O5. The van der Waals surface area contributed by atoms with Gasteiger partial charge in [-0.3, -0.25) is 24.3 Å². The summed E-state index contributed by atoms with van der Waals surface area (Å²) in [5.41, 5.74) is 0.821. The lowest BCUT2D eigenvalue weighted by Gasteiger charge is -2.32. The van der Waals surface area contributed by atoms with E-state index in [1.807, 2.05) is 44.2 Å². The summed E-state index contributed by atoms with van der Waals surface area (Å²) in [5.74, 6) is -3.04. The zero-order valence-electron chi connectivity index (χ0n) is 21.2. The van der Waals surface area contributed by atoms with E-state index in [9.17, 15) is 24.3 Å². The second-order valence-electron chi connectivity index (χ2n) is 10.7. The molecule has 4 heterocycles. The third kappa shape index (κ3) is 2.90. The van der Waals surface area contributed by atoms with E-state index in [1.54, 1.807) is 22.8 Å². The van der Waals surface area contributed by atoms with Crippen molar-refractivity contribution in [2.45, 2.75) is 25.4 Å². The molecule has 9 nitrogen and oxygen atoms in total. The molecule has 3 aromatic carbocycles. The SMILES string of the molecule is CC(C)C1NC2(c3ccccc3-n3c2nc2ccccc2c3=O)C2C(=O)N(c3ccc(C(=O)O)cc3)C(=O)C12. The minimum absolute atomic E-state index is 0.0173. The van der Waals surface area contributed by atoms with E-state index < -0.39 is 29.3 Å². The Bertz CT molecular complexity index is 1790. The predicted molar refractivity (Wildman–Crippen MR) is 143 cm³/mol. The second kappa shape index (κ2) is 7.94.